The van der Waals surface area contributed by atoms with Crippen LogP contribution in [0.5, 0.6) is 5.75 Å². The van der Waals surface area contributed by atoms with E-state index in [-0.39, 0.29) is 17.7 Å². The molecule has 0 bridgehead atoms. The Labute approximate surface area is 182 Å². The van der Waals surface area contributed by atoms with Crippen LogP contribution >= 0.6 is 0 Å². The lowest BCUT2D eigenvalue weighted by molar-refractivity contribution is -0.133. The lowest BCUT2D eigenvalue weighted by Gasteiger charge is -2.39. The van der Waals surface area contributed by atoms with Gasteiger partial charge < -0.3 is 14.4 Å². The maximum absolute atomic E-state index is 13.5. The quantitative estimate of drug-likeness (QED) is 0.447. The molecule has 0 spiro atoms. The first-order valence-electron chi connectivity index (χ1n) is 10.1. The van der Waals surface area contributed by atoms with E-state index in [0.29, 0.717) is 38.6 Å². The van der Waals surface area contributed by atoms with Crippen LogP contribution in [-0.4, -0.2) is 62.5 Å². The molecule has 1 aliphatic heterocycles. The van der Waals surface area contributed by atoms with Gasteiger partial charge in [-0.3, -0.25) is 10.0 Å². The molecule has 1 amide bonds. The summed E-state index contributed by atoms with van der Waals surface area (Å²) in [4.78, 5) is 14.6. The van der Waals surface area contributed by atoms with E-state index in [1.165, 1.54) is 12.1 Å². The number of rotatable bonds is 9. The number of sulfone groups is 1. The number of hydrogen-bond donors (Lipinski definition) is 2. The van der Waals surface area contributed by atoms with Crippen molar-refractivity contribution in [1.29, 1.82) is 0 Å². The first-order chi connectivity index (χ1) is 14.9. The van der Waals surface area contributed by atoms with Crippen LogP contribution in [-0.2, 0) is 26.0 Å². The molecule has 0 saturated carbocycles. The molecule has 1 fully saturated rings. The number of carbonyl (C=O) groups is 1. The summed E-state index contributed by atoms with van der Waals surface area (Å²) in [6, 6.07) is 15.7. The molecule has 9 heteroatoms. The van der Waals surface area contributed by atoms with Crippen LogP contribution in [0.25, 0.3) is 0 Å². The minimum atomic E-state index is -4.05. The standard InChI is InChI=1S/C22H28N2O6S/c1-29-16-15-24-13-11-22(12-14-24,21(25)23-26)31(27,28)20-9-7-19(8-10-20)30-17-18-5-3-2-4-6-18/h2-10,26H,11-17H2,1H3,(H,23,25). The second-order valence-electron chi connectivity index (χ2n) is 7.52. The summed E-state index contributed by atoms with van der Waals surface area (Å²) >= 11 is 0. The normalized spacial score (nSPS) is 16.6. The number of benzene rings is 2. The zero-order chi connectivity index (χ0) is 22.3. The van der Waals surface area contributed by atoms with Gasteiger partial charge in [0.25, 0.3) is 5.91 Å². The van der Waals surface area contributed by atoms with Crippen LogP contribution in [0.4, 0.5) is 0 Å². The topological polar surface area (TPSA) is 105 Å². The minimum absolute atomic E-state index is 0.0218. The number of piperidine rings is 1. The Morgan fingerprint density at radius 1 is 1.10 bits per heavy atom. The Morgan fingerprint density at radius 3 is 2.32 bits per heavy atom. The Bertz CT molecular complexity index is 955. The largest absolute Gasteiger partial charge is 0.489 e. The number of methoxy groups -OCH3 is 1. The van der Waals surface area contributed by atoms with E-state index >= 15 is 0 Å². The van der Waals surface area contributed by atoms with Crippen molar-refractivity contribution in [2.75, 3.05) is 33.4 Å². The smallest absolute Gasteiger partial charge is 0.265 e. The molecule has 0 radical (unpaired) electrons. The monoisotopic (exact) mass is 448 g/mol. The molecule has 168 valence electrons. The number of likely N-dealkylation sites (tertiary alicyclic amines) is 1. The van der Waals surface area contributed by atoms with Crippen molar-refractivity contribution in [1.82, 2.24) is 10.4 Å². The second kappa shape index (κ2) is 10.2. The van der Waals surface area contributed by atoms with Crippen molar-refractivity contribution >= 4 is 15.7 Å². The van der Waals surface area contributed by atoms with Crippen molar-refractivity contribution in [3.63, 3.8) is 0 Å². The van der Waals surface area contributed by atoms with Crippen LogP contribution in [0.3, 0.4) is 0 Å². The fourth-order valence-corrected chi connectivity index (χ4v) is 5.71. The maximum atomic E-state index is 13.5. The molecule has 3 rings (SSSR count). The van der Waals surface area contributed by atoms with Gasteiger partial charge in [-0.25, -0.2) is 13.9 Å². The van der Waals surface area contributed by atoms with Crippen LogP contribution in [0.2, 0.25) is 0 Å². The number of nitrogens with one attached hydrogen (secondary N) is 1. The predicted molar refractivity (Wildman–Crippen MR) is 115 cm³/mol. The third-order valence-electron chi connectivity index (χ3n) is 5.69. The highest BCUT2D eigenvalue weighted by Crippen LogP contribution is 2.36. The molecule has 2 aromatic carbocycles. The third-order valence-corrected chi connectivity index (χ3v) is 8.20. The summed E-state index contributed by atoms with van der Waals surface area (Å²) in [5.41, 5.74) is 2.57. The number of carbonyl (C=O) groups excluding carboxylic acids is 1. The van der Waals surface area contributed by atoms with Gasteiger partial charge in [-0.05, 0) is 42.7 Å². The highest BCUT2D eigenvalue weighted by molar-refractivity contribution is 7.93. The number of hydrogen-bond acceptors (Lipinski definition) is 7. The number of ether oxygens (including phenoxy) is 2. The van der Waals surface area contributed by atoms with E-state index < -0.39 is 20.5 Å². The molecule has 0 unspecified atom stereocenters. The highest BCUT2D eigenvalue weighted by atomic mass is 32.2. The van der Waals surface area contributed by atoms with Gasteiger partial charge in [0, 0.05) is 26.7 Å². The molecule has 31 heavy (non-hydrogen) atoms. The SMILES string of the molecule is COCCN1CCC(C(=O)NO)(S(=O)(=O)c2ccc(OCc3ccccc3)cc2)CC1. The fourth-order valence-electron chi connectivity index (χ4n) is 3.76. The second-order valence-corrected chi connectivity index (χ2v) is 9.78. The van der Waals surface area contributed by atoms with Crippen molar-refractivity contribution in [3.05, 3.63) is 60.2 Å². The first-order valence-corrected chi connectivity index (χ1v) is 11.6. The maximum Gasteiger partial charge on any atom is 0.265 e. The van der Waals surface area contributed by atoms with Crippen molar-refractivity contribution in [2.45, 2.75) is 29.1 Å². The van der Waals surface area contributed by atoms with Gasteiger partial charge in [0.15, 0.2) is 14.6 Å². The molecule has 1 heterocycles. The minimum Gasteiger partial charge on any atom is -0.489 e. The highest BCUT2D eigenvalue weighted by Gasteiger charge is 2.52. The van der Waals surface area contributed by atoms with Gasteiger partial charge >= 0.3 is 0 Å². The average Bonchev–Trinajstić information content (AvgIpc) is 2.82. The molecule has 0 aromatic heterocycles. The molecular formula is C22H28N2O6S. The Hall–Kier alpha value is -2.46. The van der Waals surface area contributed by atoms with Gasteiger partial charge in [-0.15, -0.1) is 0 Å². The zero-order valence-electron chi connectivity index (χ0n) is 17.5. The first kappa shape index (κ1) is 23.2. The van der Waals surface area contributed by atoms with Gasteiger partial charge in [0.05, 0.1) is 11.5 Å². The Kier molecular flexibility index (Phi) is 7.66. The predicted octanol–water partition coefficient (Wildman–Crippen LogP) is 2.03. The van der Waals surface area contributed by atoms with E-state index in [1.54, 1.807) is 24.7 Å². The van der Waals surface area contributed by atoms with E-state index in [1.807, 2.05) is 35.2 Å². The van der Waals surface area contributed by atoms with Gasteiger partial charge in [-0.1, -0.05) is 30.3 Å². The van der Waals surface area contributed by atoms with E-state index in [0.717, 1.165) is 5.56 Å². The Morgan fingerprint density at radius 2 is 1.74 bits per heavy atom. The van der Waals surface area contributed by atoms with Crippen molar-refractivity contribution in [2.24, 2.45) is 0 Å². The summed E-state index contributed by atoms with van der Waals surface area (Å²) < 4.78 is 36.0. The van der Waals surface area contributed by atoms with Gasteiger partial charge in [0.1, 0.15) is 12.4 Å². The summed E-state index contributed by atoms with van der Waals surface area (Å²) in [6.07, 6.45) is 0.162. The van der Waals surface area contributed by atoms with Crippen LogP contribution < -0.4 is 10.2 Å². The lowest BCUT2D eigenvalue weighted by atomic mass is 9.95. The van der Waals surface area contributed by atoms with Crippen molar-refractivity contribution < 1.29 is 27.9 Å². The summed E-state index contributed by atoms with van der Waals surface area (Å²) in [5.74, 6) is -0.374. The number of amides is 1. The van der Waals surface area contributed by atoms with Crippen molar-refractivity contribution in [3.8, 4) is 5.75 Å². The fraction of sp³-hybridized carbons (Fsp3) is 0.409. The van der Waals surface area contributed by atoms with Crippen LogP contribution in [0.15, 0.2) is 59.5 Å². The molecule has 1 aliphatic rings. The van der Waals surface area contributed by atoms with E-state index in [2.05, 4.69) is 0 Å². The summed E-state index contributed by atoms with van der Waals surface area (Å²) in [7, 11) is -2.45. The third kappa shape index (κ3) is 5.07. The summed E-state index contributed by atoms with van der Waals surface area (Å²) in [6.45, 7) is 2.36. The molecule has 8 nitrogen and oxygen atoms in total. The molecule has 2 N–H and O–H groups in total. The molecule has 2 aromatic rings. The lowest BCUT2D eigenvalue weighted by Crippen LogP contribution is -2.57. The molecule has 1 saturated heterocycles. The van der Waals surface area contributed by atoms with E-state index in [9.17, 15) is 18.4 Å². The van der Waals surface area contributed by atoms with Gasteiger partial charge in [0.2, 0.25) is 0 Å². The van der Waals surface area contributed by atoms with Gasteiger partial charge in [-0.2, -0.15) is 0 Å². The zero-order valence-corrected chi connectivity index (χ0v) is 18.3. The summed E-state index contributed by atoms with van der Waals surface area (Å²) in [5, 5.41) is 9.27. The molecular weight excluding hydrogens is 420 g/mol. The van der Waals surface area contributed by atoms with Crippen LogP contribution in [0.1, 0.15) is 18.4 Å². The van der Waals surface area contributed by atoms with Crippen LogP contribution in [0, 0.1) is 0 Å². The Balaban J connectivity index is 1.76. The van der Waals surface area contributed by atoms with E-state index in [4.69, 9.17) is 9.47 Å². The molecule has 0 atom stereocenters. The molecule has 0 aliphatic carbocycles. The number of hydroxylamine groups is 1. The number of nitrogens with zero attached hydrogens (tertiary/aromatic N) is 1. The average molecular weight is 449 g/mol.